The van der Waals surface area contributed by atoms with E-state index in [2.05, 4.69) is 21.8 Å². The van der Waals surface area contributed by atoms with Gasteiger partial charge in [0.25, 0.3) is 5.91 Å². The van der Waals surface area contributed by atoms with E-state index in [1.807, 2.05) is 20.8 Å². The smallest absolute Gasteiger partial charge is 0.273 e. The zero-order chi connectivity index (χ0) is 22.3. The summed E-state index contributed by atoms with van der Waals surface area (Å²) in [5, 5.41) is 27.6. The van der Waals surface area contributed by atoms with E-state index in [4.69, 9.17) is 10.4 Å². The van der Waals surface area contributed by atoms with Crippen molar-refractivity contribution in [2.24, 2.45) is 5.41 Å². The zero-order valence-electron chi connectivity index (χ0n) is 17.5. The summed E-state index contributed by atoms with van der Waals surface area (Å²) in [5.41, 5.74) is -0.346. The summed E-state index contributed by atoms with van der Waals surface area (Å²) in [6, 6.07) is 5.61. The molecule has 0 aliphatic rings. The average molecular weight is 417 g/mol. The zero-order valence-corrected chi connectivity index (χ0v) is 17.5. The fourth-order valence-electron chi connectivity index (χ4n) is 3.14. The molecule has 0 aliphatic heterocycles. The van der Waals surface area contributed by atoms with Gasteiger partial charge in [0, 0.05) is 24.9 Å². The van der Waals surface area contributed by atoms with Crippen molar-refractivity contribution in [1.82, 2.24) is 20.4 Å². The Morgan fingerprint density at radius 1 is 1.33 bits per heavy atom. The molecular formula is C21H28FN5O3. The van der Waals surface area contributed by atoms with Crippen LogP contribution in [0.5, 0.6) is 0 Å². The standard InChI is InChI=1S/C21H28FN5O3/c1-21(2,3)18(20(30)24-11-13-28)25-19(29)16-14-8-7-9-15(22)17(14)27(26-16)12-6-4-5-10-23/h7-9,18,28H,4-6,11-13H2,1-3H3,(H,24,30)(H,25,29)/t18-/m1/s1. The predicted octanol–water partition coefficient (Wildman–Crippen LogP) is 2.12. The van der Waals surface area contributed by atoms with Crippen molar-refractivity contribution in [1.29, 1.82) is 5.26 Å². The number of amides is 2. The second kappa shape index (κ2) is 10.2. The van der Waals surface area contributed by atoms with Crippen LogP contribution in [0.1, 0.15) is 50.5 Å². The Morgan fingerprint density at radius 2 is 2.07 bits per heavy atom. The number of hydrogen-bond donors (Lipinski definition) is 3. The molecule has 1 atom stereocenters. The molecule has 0 bridgehead atoms. The van der Waals surface area contributed by atoms with Crippen molar-refractivity contribution in [3.8, 4) is 6.07 Å². The maximum Gasteiger partial charge on any atom is 0.273 e. The van der Waals surface area contributed by atoms with Crippen molar-refractivity contribution < 1.29 is 19.1 Å². The lowest BCUT2D eigenvalue weighted by atomic mass is 9.86. The van der Waals surface area contributed by atoms with Crippen molar-refractivity contribution in [2.45, 2.75) is 52.6 Å². The first-order chi connectivity index (χ1) is 14.2. The van der Waals surface area contributed by atoms with Gasteiger partial charge < -0.3 is 15.7 Å². The number of halogens is 1. The molecule has 0 unspecified atom stereocenters. The van der Waals surface area contributed by atoms with Crippen molar-refractivity contribution in [3.63, 3.8) is 0 Å². The summed E-state index contributed by atoms with van der Waals surface area (Å²) in [4.78, 5) is 25.5. The predicted molar refractivity (Wildman–Crippen MR) is 110 cm³/mol. The van der Waals surface area contributed by atoms with Gasteiger partial charge in [0.2, 0.25) is 5.91 Å². The van der Waals surface area contributed by atoms with Crippen LogP contribution >= 0.6 is 0 Å². The van der Waals surface area contributed by atoms with E-state index in [9.17, 15) is 14.0 Å². The van der Waals surface area contributed by atoms with Crippen LogP contribution in [0.4, 0.5) is 4.39 Å². The first-order valence-corrected chi connectivity index (χ1v) is 9.92. The Bertz CT molecular complexity index is 942. The van der Waals surface area contributed by atoms with Gasteiger partial charge in [-0.25, -0.2) is 4.39 Å². The number of aliphatic hydroxyl groups excluding tert-OH is 1. The van der Waals surface area contributed by atoms with Crippen LogP contribution in [0, 0.1) is 22.6 Å². The SMILES string of the molecule is CC(C)(C)[C@H](NC(=O)c1nn(CCCCC#N)c2c(F)cccc12)C(=O)NCCO. The number of aryl methyl sites for hydroxylation is 1. The van der Waals surface area contributed by atoms with Crippen molar-refractivity contribution in [3.05, 3.63) is 29.7 Å². The number of hydrogen-bond acceptors (Lipinski definition) is 5. The molecule has 0 aliphatic carbocycles. The monoisotopic (exact) mass is 417 g/mol. The molecule has 3 N–H and O–H groups in total. The van der Waals surface area contributed by atoms with Crippen molar-refractivity contribution >= 4 is 22.7 Å². The van der Waals surface area contributed by atoms with Crippen LogP contribution in [0.25, 0.3) is 10.9 Å². The molecule has 162 valence electrons. The fraction of sp³-hybridized carbons (Fsp3) is 0.524. The van der Waals surface area contributed by atoms with Crippen LogP contribution in [0.15, 0.2) is 18.2 Å². The number of aliphatic hydroxyl groups is 1. The lowest BCUT2D eigenvalue weighted by Gasteiger charge is -2.30. The number of para-hydroxylation sites is 1. The molecule has 0 saturated heterocycles. The molecule has 30 heavy (non-hydrogen) atoms. The minimum absolute atomic E-state index is 0.0361. The largest absolute Gasteiger partial charge is 0.395 e. The lowest BCUT2D eigenvalue weighted by molar-refractivity contribution is -0.125. The van der Waals surface area contributed by atoms with Crippen LogP contribution < -0.4 is 10.6 Å². The van der Waals surface area contributed by atoms with Gasteiger partial charge in [-0.1, -0.05) is 32.9 Å². The number of fused-ring (bicyclic) bond motifs is 1. The number of nitrogens with one attached hydrogen (secondary N) is 2. The van der Waals surface area contributed by atoms with Gasteiger partial charge in [0.05, 0.1) is 12.7 Å². The van der Waals surface area contributed by atoms with Gasteiger partial charge in [0.15, 0.2) is 5.69 Å². The quantitative estimate of drug-likeness (QED) is 0.540. The maximum atomic E-state index is 14.5. The van der Waals surface area contributed by atoms with Gasteiger partial charge in [-0.15, -0.1) is 0 Å². The minimum Gasteiger partial charge on any atom is -0.395 e. The number of carbonyl (C=O) groups is 2. The third kappa shape index (κ3) is 5.54. The van der Waals surface area contributed by atoms with Gasteiger partial charge in [-0.3, -0.25) is 14.3 Å². The third-order valence-corrected chi connectivity index (χ3v) is 4.66. The lowest BCUT2D eigenvalue weighted by Crippen LogP contribution is -2.54. The molecule has 2 aromatic rings. The summed E-state index contributed by atoms with van der Waals surface area (Å²) < 4.78 is 15.9. The fourth-order valence-corrected chi connectivity index (χ4v) is 3.14. The topological polar surface area (TPSA) is 120 Å². The molecule has 1 aromatic heterocycles. The highest BCUT2D eigenvalue weighted by Gasteiger charge is 2.34. The molecule has 0 radical (unpaired) electrons. The van der Waals surface area contributed by atoms with E-state index >= 15 is 0 Å². The molecule has 8 nitrogen and oxygen atoms in total. The average Bonchev–Trinajstić information content (AvgIpc) is 3.06. The Balaban J connectivity index is 2.34. The highest BCUT2D eigenvalue weighted by Crippen LogP contribution is 2.24. The Labute approximate surface area is 175 Å². The van der Waals surface area contributed by atoms with E-state index in [-0.39, 0.29) is 24.4 Å². The Morgan fingerprint density at radius 3 is 2.70 bits per heavy atom. The number of rotatable bonds is 9. The molecular weight excluding hydrogens is 389 g/mol. The van der Waals surface area contributed by atoms with Gasteiger partial charge >= 0.3 is 0 Å². The highest BCUT2D eigenvalue weighted by molar-refractivity contribution is 6.06. The van der Waals surface area contributed by atoms with Crippen LogP contribution in [0.3, 0.4) is 0 Å². The van der Waals surface area contributed by atoms with Gasteiger partial charge in [-0.05, 0) is 24.3 Å². The number of aromatic nitrogens is 2. The van der Waals surface area contributed by atoms with Crippen LogP contribution in [0.2, 0.25) is 0 Å². The van der Waals surface area contributed by atoms with Crippen molar-refractivity contribution in [2.75, 3.05) is 13.2 Å². The summed E-state index contributed by atoms with van der Waals surface area (Å²) in [5.74, 6) is -1.50. The Hall–Kier alpha value is -2.99. The molecule has 9 heteroatoms. The first-order valence-electron chi connectivity index (χ1n) is 9.92. The second-order valence-electron chi connectivity index (χ2n) is 8.11. The number of unbranched alkanes of at least 4 members (excludes halogenated alkanes) is 2. The number of nitriles is 1. The molecule has 1 heterocycles. The summed E-state index contributed by atoms with van der Waals surface area (Å²) in [6.45, 7) is 5.65. The molecule has 0 spiro atoms. The third-order valence-electron chi connectivity index (χ3n) is 4.66. The van der Waals surface area contributed by atoms with Crippen LogP contribution in [-0.2, 0) is 11.3 Å². The van der Waals surface area contributed by atoms with E-state index in [0.29, 0.717) is 31.2 Å². The molecule has 2 amide bonds. The van der Waals surface area contributed by atoms with Gasteiger partial charge in [-0.2, -0.15) is 10.4 Å². The minimum atomic E-state index is -0.874. The molecule has 0 saturated carbocycles. The van der Waals surface area contributed by atoms with Crippen LogP contribution in [-0.4, -0.2) is 45.9 Å². The summed E-state index contributed by atoms with van der Waals surface area (Å²) in [7, 11) is 0. The number of benzene rings is 1. The molecule has 0 fully saturated rings. The van der Waals surface area contributed by atoms with E-state index in [1.165, 1.54) is 16.8 Å². The number of nitrogens with zero attached hydrogens (tertiary/aromatic N) is 3. The number of carbonyl (C=O) groups excluding carboxylic acids is 2. The second-order valence-corrected chi connectivity index (χ2v) is 8.11. The molecule has 1 aromatic carbocycles. The summed E-state index contributed by atoms with van der Waals surface area (Å²) in [6.07, 6.45) is 1.66. The summed E-state index contributed by atoms with van der Waals surface area (Å²) >= 11 is 0. The van der Waals surface area contributed by atoms with E-state index in [1.54, 1.807) is 6.07 Å². The first kappa shape index (κ1) is 23.3. The highest BCUT2D eigenvalue weighted by atomic mass is 19.1. The van der Waals surface area contributed by atoms with E-state index < -0.39 is 29.1 Å². The van der Waals surface area contributed by atoms with E-state index in [0.717, 1.165) is 0 Å². The Kier molecular flexibility index (Phi) is 7.89. The van der Waals surface area contributed by atoms with Gasteiger partial charge in [0.1, 0.15) is 17.4 Å². The maximum absolute atomic E-state index is 14.5. The normalized spacial score (nSPS) is 12.4. The molecule has 2 rings (SSSR count).